The molecule has 0 aliphatic heterocycles. The zero-order valence-electron chi connectivity index (χ0n) is 16.2. The van der Waals surface area contributed by atoms with Gasteiger partial charge in [0.05, 0.1) is 28.9 Å². The maximum Gasteiger partial charge on any atom is 0.221 e. The summed E-state index contributed by atoms with van der Waals surface area (Å²) in [6.45, 7) is 2.27. The molecule has 6 nitrogen and oxygen atoms in total. The summed E-state index contributed by atoms with van der Waals surface area (Å²) in [6, 6.07) is 19.7. The van der Waals surface area contributed by atoms with Gasteiger partial charge < -0.3 is 15.0 Å². The number of nitrogens with zero attached hydrogens (tertiary/aromatic N) is 3. The molecule has 0 radical (unpaired) electrons. The number of pyridine rings is 1. The van der Waals surface area contributed by atoms with Gasteiger partial charge in [-0.2, -0.15) is 0 Å². The van der Waals surface area contributed by atoms with Crippen LogP contribution >= 0.6 is 0 Å². The summed E-state index contributed by atoms with van der Waals surface area (Å²) >= 11 is 0. The second-order valence-corrected chi connectivity index (χ2v) is 6.86. The number of amides is 1. The Balaban J connectivity index is 1.81. The molecule has 2 aromatic carbocycles. The zero-order valence-corrected chi connectivity index (χ0v) is 16.2. The third-order valence-electron chi connectivity index (χ3n) is 4.69. The lowest BCUT2D eigenvalue weighted by Crippen LogP contribution is -2.05. The third kappa shape index (κ3) is 4.02. The second kappa shape index (κ2) is 8.24. The number of aliphatic hydroxyl groups is 1. The van der Waals surface area contributed by atoms with Gasteiger partial charge >= 0.3 is 0 Å². The maximum atomic E-state index is 11.3. The highest BCUT2D eigenvalue weighted by molar-refractivity contribution is 5.93. The number of carbonyl (C=O) groups is 1. The van der Waals surface area contributed by atoms with Crippen LogP contribution in [0.5, 0.6) is 0 Å². The minimum Gasteiger partial charge on any atom is -0.396 e. The minimum atomic E-state index is -0.103. The Hall–Kier alpha value is -3.51. The first kappa shape index (κ1) is 18.8. The Labute approximate surface area is 168 Å². The predicted molar refractivity (Wildman–Crippen MR) is 114 cm³/mol. The van der Waals surface area contributed by atoms with E-state index in [4.69, 9.17) is 4.98 Å². The molecule has 0 bridgehead atoms. The largest absolute Gasteiger partial charge is 0.396 e. The fraction of sp³-hybridized carbons (Fsp3) is 0.174. The van der Waals surface area contributed by atoms with Crippen molar-refractivity contribution in [2.45, 2.75) is 19.9 Å². The molecule has 6 heteroatoms. The van der Waals surface area contributed by atoms with Crippen LogP contribution < -0.4 is 5.32 Å². The fourth-order valence-corrected chi connectivity index (χ4v) is 3.41. The zero-order chi connectivity index (χ0) is 20.2. The van der Waals surface area contributed by atoms with Gasteiger partial charge in [-0.05, 0) is 30.7 Å². The molecule has 0 aliphatic rings. The summed E-state index contributed by atoms with van der Waals surface area (Å²) in [4.78, 5) is 20.8. The van der Waals surface area contributed by atoms with E-state index in [1.54, 1.807) is 6.33 Å². The van der Waals surface area contributed by atoms with E-state index in [0.29, 0.717) is 13.0 Å². The van der Waals surface area contributed by atoms with E-state index in [0.717, 1.165) is 39.2 Å². The molecule has 2 heterocycles. The number of fused-ring (bicyclic) bond motifs is 1. The summed E-state index contributed by atoms with van der Waals surface area (Å²) in [5, 5.41) is 13.0. The van der Waals surface area contributed by atoms with E-state index in [-0.39, 0.29) is 12.5 Å². The molecule has 2 aromatic heterocycles. The van der Waals surface area contributed by atoms with Crippen LogP contribution in [0.4, 0.5) is 5.69 Å². The standard InChI is InChI=1S/C23H22N4O2/c1-16(29)25-19-9-11-20-18(14-19)8-10-21(26-20)23-22(17-6-3-2-4-7-17)24-15-27(23)12-5-13-28/h2-4,6-11,14-15,28H,5,12-13H2,1H3,(H,25,29). The monoisotopic (exact) mass is 386 g/mol. The Morgan fingerprint density at radius 1 is 1.10 bits per heavy atom. The molecule has 0 spiro atoms. The summed E-state index contributed by atoms with van der Waals surface area (Å²) in [5.41, 5.74) is 5.22. The Bertz CT molecular complexity index is 1150. The van der Waals surface area contributed by atoms with Gasteiger partial charge in [-0.25, -0.2) is 9.97 Å². The molecule has 0 fully saturated rings. The van der Waals surface area contributed by atoms with E-state index in [9.17, 15) is 9.90 Å². The normalized spacial score (nSPS) is 11.0. The molecule has 2 N–H and O–H groups in total. The highest BCUT2D eigenvalue weighted by atomic mass is 16.3. The van der Waals surface area contributed by atoms with Crippen LogP contribution in [0.2, 0.25) is 0 Å². The van der Waals surface area contributed by atoms with Gasteiger partial charge in [0, 0.05) is 36.7 Å². The van der Waals surface area contributed by atoms with Gasteiger partial charge in [0.15, 0.2) is 0 Å². The first-order valence-corrected chi connectivity index (χ1v) is 9.56. The fourth-order valence-electron chi connectivity index (χ4n) is 3.41. The lowest BCUT2D eigenvalue weighted by Gasteiger charge is -2.11. The molecular formula is C23H22N4O2. The molecule has 0 unspecified atom stereocenters. The van der Waals surface area contributed by atoms with Crippen LogP contribution in [-0.4, -0.2) is 32.2 Å². The predicted octanol–water partition coefficient (Wildman–Crippen LogP) is 4.11. The van der Waals surface area contributed by atoms with Gasteiger partial charge in [0.25, 0.3) is 0 Å². The molecule has 4 rings (SSSR count). The van der Waals surface area contributed by atoms with Crippen molar-refractivity contribution in [3.05, 3.63) is 67.0 Å². The van der Waals surface area contributed by atoms with Crippen LogP contribution in [0.25, 0.3) is 33.5 Å². The average Bonchev–Trinajstić information content (AvgIpc) is 3.16. The van der Waals surface area contributed by atoms with Crippen molar-refractivity contribution >= 4 is 22.5 Å². The molecule has 0 atom stereocenters. The van der Waals surface area contributed by atoms with Crippen molar-refractivity contribution in [1.82, 2.24) is 14.5 Å². The summed E-state index contributed by atoms with van der Waals surface area (Å²) < 4.78 is 2.04. The molecule has 0 saturated carbocycles. The lowest BCUT2D eigenvalue weighted by atomic mass is 10.1. The Kier molecular flexibility index (Phi) is 5.35. The van der Waals surface area contributed by atoms with E-state index < -0.39 is 0 Å². The molecule has 4 aromatic rings. The number of imidazole rings is 1. The number of aromatic nitrogens is 3. The Morgan fingerprint density at radius 2 is 1.93 bits per heavy atom. The lowest BCUT2D eigenvalue weighted by molar-refractivity contribution is -0.114. The first-order chi connectivity index (χ1) is 14.2. The van der Waals surface area contributed by atoms with Gasteiger partial charge in [-0.3, -0.25) is 4.79 Å². The topological polar surface area (TPSA) is 80.0 Å². The highest BCUT2D eigenvalue weighted by Gasteiger charge is 2.16. The number of benzene rings is 2. The van der Waals surface area contributed by atoms with Crippen LogP contribution in [0, 0.1) is 0 Å². The Morgan fingerprint density at radius 3 is 2.69 bits per heavy atom. The van der Waals surface area contributed by atoms with Crippen molar-refractivity contribution in [1.29, 1.82) is 0 Å². The highest BCUT2D eigenvalue weighted by Crippen LogP contribution is 2.31. The van der Waals surface area contributed by atoms with Crippen LogP contribution in [0.1, 0.15) is 13.3 Å². The summed E-state index contributed by atoms with van der Waals surface area (Å²) in [6.07, 6.45) is 2.45. The second-order valence-electron chi connectivity index (χ2n) is 6.86. The summed E-state index contributed by atoms with van der Waals surface area (Å²) in [5.74, 6) is -0.103. The van der Waals surface area contributed by atoms with Crippen LogP contribution in [-0.2, 0) is 11.3 Å². The number of carbonyl (C=O) groups excluding carboxylic acids is 1. The molecule has 1 amide bonds. The quantitative estimate of drug-likeness (QED) is 0.523. The van der Waals surface area contributed by atoms with Crippen LogP contribution in [0.3, 0.4) is 0 Å². The molecule has 0 saturated heterocycles. The molecule has 29 heavy (non-hydrogen) atoms. The van der Waals surface area contributed by atoms with E-state index >= 15 is 0 Å². The number of anilines is 1. The number of aliphatic hydroxyl groups excluding tert-OH is 1. The van der Waals surface area contributed by atoms with Gasteiger partial charge in [-0.15, -0.1) is 0 Å². The van der Waals surface area contributed by atoms with Crippen molar-refractivity contribution in [3.8, 4) is 22.6 Å². The van der Waals surface area contributed by atoms with Crippen molar-refractivity contribution < 1.29 is 9.90 Å². The third-order valence-corrected chi connectivity index (χ3v) is 4.69. The number of rotatable bonds is 6. The van der Waals surface area contributed by atoms with E-state index in [2.05, 4.69) is 10.3 Å². The summed E-state index contributed by atoms with van der Waals surface area (Å²) in [7, 11) is 0. The number of hydrogen-bond donors (Lipinski definition) is 2. The van der Waals surface area contributed by atoms with Gasteiger partial charge in [0.1, 0.15) is 0 Å². The van der Waals surface area contributed by atoms with E-state index in [1.807, 2.05) is 65.2 Å². The molecular weight excluding hydrogens is 364 g/mol. The van der Waals surface area contributed by atoms with Gasteiger partial charge in [-0.1, -0.05) is 36.4 Å². The van der Waals surface area contributed by atoms with Gasteiger partial charge in [0.2, 0.25) is 5.91 Å². The average molecular weight is 386 g/mol. The minimum absolute atomic E-state index is 0.103. The number of aryl methyl sites for hydroxylation is 1. The SMILES string of the molecule is CC(=O)Nc1ccc2nc(-c3c(-c4ccccc4)ncn3CCCO)ccc2c1. The molecule has 146 valence electrons. The maximum absolute atomic E-state index is 11.3. The number of hydrogen-bond acceptors (Lipinski definition) is 4. The van der Waals surface area contributed by atoms with Crippen molar-refractivity contribution in [2.24, 2.45) is 0 Å². The van der Waals surface area contributed by atoms with Crippen molar-refractivity contribution in [3.63, 3.8) is 0 Å². The number of nitrogens with one attached hydrogen (secondary N) is 1. The van der Waals surface area contributed by atoms with Crippen LogP contribution in [0.15, 0.2) is 67.0 Å². The molecule has 0 aliphatic carbocycles. The van der Waals surface area contributed by atoms with Crippen molar-refractivity contribution in [2.75, 3.05) is 11.9 Å². The van der Waals surface area contributed by atoms with E-state index in [1.165, 1.54) is 6.92 Å². The first-order valence-electron chi connectivity index (χ1n) is 9.56. The smallest absolute Gasteiger partial charge is 0.221 e.